The molecule has 2 atom stereocenters. The Morgan fingerprint density at radius 1 is 1.35 bits per heavy atom. The van der Waals surface area contributed by atoms with E-state index in [0.717, 1.165) is 5.92 Å². The number of nitrogens with zero attached hydrogens (tertiary/aromatic N) is 1. The zero-order valence-electron chi connectivity index (χ0n) is 11.5. The molecule has 1 aliphatic carbocycles. The number of aromatic nitrogens is 1. The topological polar surface area (TPSA) is 24.9 Å². The number of hydrogen-bond donors (Lipinski definition) is 1. The number of nitrogens with one attached hydrogen (secondary N) is 1. The molecule has 0 spiro atoms. The average Bonchev–Trinajstić information content (AvgIpc) is 2.18. The lowest BCUT2D eigenvalue weighted by molar-refractivity contribution is 0.178. The molecule has 1 fully saturated rings. The van der Waals surface area contributed by atoms with Crippen molar-refractivity contribution >= 4 is 5.69 Å². The van der Waals surface area contributed by atoms with Crippen LogP contribution in [0.4, 0.5) is 5.69 Å². The number of pyridine rings is 1. The van der Waals surface area contributed by atoms with Gasteiger partial charge in [-0.25, -0.2) is 0 Å². The van der Waals surface area contributed by atoms with Crippen molar-refractivity contribution < 1.29 is 0 Å². The first-order chi connectivity index (χ1) is 7.96. The summed E-state index contributed by atoms with van der Waals surface area (Å²) in [5.41, 5.74) is 2.95. The van der Waals surface area contributed by atoms with Crippen molar-refractivity contribution in [1.29, 1.82) is 0 Å². The second-order valence-electron chi connectivity index (χ2n) is 6.45. The van der Waals surface area contributed by atoms with Crippen LogP contribution in [0.15, 0.2) is 18.5 Å². The highest BCUT2D eigenvalue weighted by Gasteiger charge is 2.31. The summed E-state index contributed by atoms with van der Waals surface area (Å²) in [6.45, 7) is 9.27. The maximum Gasteiger partial charge on any atom is 0.0558 e. The Morgan fingerprint density at radius 3 is 2.76 bits per heavy atom. The Kier molecular flexibility index (Phi) is 3.41. The Balaban J connectivity index is 2.06. The Labute approximate surface area is 105 Å². The first-order valence-corrected chi connectivity index (χ1v) is 6.63. The van der Waals surface area contributed by atoms with Crippen LogP contribution in [-0.2, 0) is 0 Å². The van der Waals surface area contributed by atoms with Crippen molar-refractivity contribution in [2.45, 2.75) is 53.0 Å². The van der Waals surface area contributed by atoms with E-state index in [1.165, 1.54) is 30.5 Å². The normalized spacial score (nSPS) is 27.8. The van der Waals surface area contributed by atoms with Gasteiger partial charge in [-0.3, -0.25) is 4.98 Å². The Bertz CT molecular complexity index is 384. The first-order valence-electron chi connectivity index (χ1n) is 6.63. The SMILES string of the molecule is Cc1ccncc1NC1CC(C)CC(C)(C)C1. The van der Waals surface area contributed by atoms with E-state index in [1.807, 2.05) is 12.4 Å². The van der Waals surface area contributed by atoms with Gasteiger partial charge in [0.1, 0.15) is 0 Å². The monoisotopic (exact) mass is 232 g/mol. The lowest BCUT2D eigenvalue weighted by atomic mass is 9.70. The molecular weight excluding hydrogens is 208 g/mol. The van der Waals surface area contributed by atoms with Gasteiger partial charge < -0.3 is 5.32 Å². The minimum Gasteiger partial charge on any atom is -0.381 e. The molecule has 0 radical (unpaired) electrons. The van der Waals surface area contributed by atoms with Gasteiger partial charge in [-0.05, 0) is 49.1 Å². The molecule has 1 saturated carbocycles. The van der Waals surface area contributed by atoms with E-state index in [2.05, 4.69) is 44.1 Å². The van der Waals surface area contributed by atoms with E-state index in [1.54, 1.807) is 0 Å². The summed E-state index contributed by atoms with van der Waals surface area (Å²) in [6, 6.07) is 2.66. The summed E-state index contributed by atoms with van der Waals surface area (Å²) >= 11 is 0. The molecule has 1 aromatic heterocycles. The van der Waals surface area contributed by atoms with Gasteiger partial charge in [0.05, 0.1) is 11.9 Å². The van der Waals surface area contributed by atoms with Crippen LogP contribution >= 0.6 is 0 Å². The Hall–Kier alpha value is -1.05. The highest BCUT2D eigenvalue weighted by Crippen LogP contribution is 2.39. The van der Waals surface area contributed by atoms with Gasteiger partial charge in [0.15, 0.2) is 0 Å². The van der Waals surface area contributed by atoms with Gasteiger partial charge in [0, 0.05) is 12.2 Å². The molecule has 2 rings (SSSR count). The number of anilines is 1. The van der Waals surface area contributed by atoms with Crippen LogP contribution < -0.4 is 5.32 Å². The van der Waals surface area contributed by atoms with Crippen molar-refractivity contribution in [2.75, 3.05) is 5.32 Å². The van der Waals surface area contributed by atoms with Crippen molar-refractivity contribution in [2.24, 2.45) is 11.3 Å². The lowest BCUT2D eigenvalue weighted by Crippen LogP contribution is -2.35. The summed E-state index contributed by atoms with van der Waals surface area (Å²) in [7, 11) is 0. The van der Waals surface area contributed by atoms with Crippen LogP contribution in [0.25, 0.3) is 0 Å². The summed E-state index contributed by atoms with van der Waals surface area (Å²) in [4.78, 5) is 4.20. The minimum absolute atomic E-state index is 0.464. The quantitative estimate of drug-likeness (QED) is 0.833. The molecule has 0 saturated heterocycles. The van der Waals surface area contributed by atoms with Crippen molar-refractivity contribution in [3.05, 3.63) is 24.0 Å². The second kappa shape index (κ2) is 4.67. The van der Waals surface area contributed by atoms with E-state index in [-0.39, 0.29) is 0 Å². The van der Waals surface area contributed by atoms with E-state index in [0.29, 0.717) is 11.5 Å². The zero-order valence-corrected chi connectivity index (χ0v) is 11.5. The number of hydrogen-bond acceptors (Lipinski definition) is 2. The van der Waals surface area contributed by atoms with Gasteiger partial charge in [0.25, 0.3) is 0 Å². The molecule has 1 aliphatic rings. The predicted molar refractivity (Wildman–Crippen MR) is 73.2 cm³/mol. The molecule has 17 heavy (non-hydrogen) atoms. The molecule has 0 aromatic carbocycles. The molecule has 2 unspecified atom stereocenters. The van der Waals surface area contributed by atoms with Crippen LogP contribution in [0.5, 0.6) is 0 Å². The standard InChI is InChI=1S/C15H24N2/c1-11-7-13(9-15(3,4)8-11)17-14-10-16-6-5-12(14)2/h5-6,10-11,13,17H,7-9H2,1-4H3. The number of rotatable bonds is 2. The maximum atomic E-state index is 4.20. The van der Waals surface area contributed by atoms with Crippen molar-refractivity contribution in [3.8, 4) is 0 Å². The third kappa shape index (κ3) is 3.21. The van der Waals surface area contributed by atoms with Gasteiger partial charge >= 0.3 is 0 Å². The van der Waals surface area contributed by atoms with Crippen molar-refractivity contribution in [1.82, 2.24) is 4.98 Å². The molecule has 0 aliphatic heterocycles. The highest BCUT2D eigenvalue weighted by molar-refractivity contribution is 5.48. The predicted octanol–water partition coefficient (Wildman–Crippen LogP) is 4.02. The minimum atomic E-state index is 0.464. The highest BCUT2D eigenvalue weighted by atomic mass is 14.9. The molecule has 0 bridgehead atoms. The summed E-state index contributed by atoms with van der Waals surface area (Å²) < 4.78 is 0. The smallest absolute Gasteiger partial charge is 0.0558 e. The molecule has 1 N–H and O–H groups in total. The Morgan fingerprint density at radius 2 is 2.12 bits per heavy atom. The van der Waals surface area contributed by atoms with Crippen molar-refractivity contribution in [3.63, 3.8) is 0 Å². The lowest BCUT2D eigenvalue weighted by Gasteiger charge is -2.39. The van der Waals surface area contributed by atoms with Crippen LogP contribution in [-0.4, -0.2) is 11.0 Å². The first kappa shape index (κ1) is 12.4. The van der Waals surface area contributed by atoms with Crippen LogP contribution in [0.2, 0.25) is 0 Å². The van der Waals surface area contributed by atoms with Gasteiger partial charge in [-0.1, -0.05) is 20.8 Å². The fraction of sp³-hybridized carbons (Fsp3) is 0.667. The molecule has 1 heterocycles. The zero-order chi connectivity index (χ0) is 12.5. The summed E-state index contributed by atoms with van der Waals surface area (Å²) in [6.07, 6.45) is 7.68. The molecule has 1 aromatic rings. The van der Waals surface area contributed by atoms with E-state index in [9.17, 15) is 0 Å². The third-order valence-electron chi connectivity index (χ3n) is 3.79. The largest absolute Gasteiger partial charge is 0.381 e. The van der Waals surface area contributed by atoms with E-state index in [4.69, 9.17) is 0 Å². The summed E-state index contributed by atoms with van der Waals surface area (Å²) in [5.74, 6) is 0.813. The molecule has 94 valence electrons. The van der Waals surface area contributed by atoms with Crippen LogP contribution in [0.3, 0.4) is 0 Å². The molecule has 2 heteroatoms. The number of aryl methyl sites for hydroxylation is 1. The van der Waals surface area contributed by atoms with Crippen LogP contribution in [0.1, 0.15) is 45.6 Å². The average molecular weight is 232 g/mol. The maximum absolute atomic E-state index is 4.20. The summed E-state index contributed by atoms with van der Waals surface area (Å²) in [5, 5.41) is 3.67. The van der Waals surface area contributed by atoms with Gasteiger partial charge in [0.2, 0.25) is 0 Å². The third-order valence-corrected chi connectivity index (χ3v) is 3.79. The fourth-order valence-corrected chi connectivity index (χ4v) is 3.29. The van der Waals surface area contributed by atoms with Gasteiger partial charge in [-0.2, -0.15) is 0 Å². The fourth-order valence-electron chi connectivity index (χ4n) is 3.29. The van der Waals surface area contributed by atoms with E-state index >= 15 is 0 Å². The van der Waals surface area contributed by atoms with Crippen LogP contribution in [0, 0.1) is 18.3 Å². The second-order valence-corrected chi connectivity index (χ2v) is 6.45. The molecule has 0 amide bonds. The molecule has 2 nitrogen and oxygen atoms in total. The van der Waals surface area contributed by atoms with Gasteiger partial charge in [-0.15, -0.1) is 0 Å². The van der Waals surface area contributed by atoms with E-state index < -0.39 is 0 Å². The molecular formula is C15H24N2.